The smallest absolute Gasteiger partial charge is 0.410 e. The summed E-state index contributed by atoms with van der Waals surface area (Å²) in [6.07, 6.45) is 0.572. The maximum absolute atomic E-state index is 12.2. The lowest BCUT2D eigenvalue weighted by atomic mass is 9.87. The van der Waals surface area contributed by atoms with E-state index in [-0.39, 0.29) is 24.7 Å². The molecule has 0 aromatic heterocycles. The lowest BCUT2D eigenvalue weighted by molar-refractivity contribution is -0.117. The second kappa shape index (κ2) is 6.43. The van der Waals surface area contributed by atoms with Crippen molar-refractivity contribution in [2.75, 3.05) is 13.1 Å². The number of hydrogen-bond acceptors (Lipinski definition) is 4. The molecule has 1 heterocycles. The van der Waals surface area contributed by atoms with E-state index in [0.29, 0.717) is 12.5 Å². The van der Waals surface area contributed by atoms with Gasteiger partial charge in [0, 0.05) is 18.6 Å². The fraction of sp³-hybridized carbons (Fsp3) is 0.857. The highest BCUT2D eigenvalue weighted by atomic mass is 16.6. The van der Waals surface area contributed by atoms with Crippen LogP contribution in [0.5, 0.6) is 0 Å². The summed E-state index contributed by atoms with van der Waals surface area (Å²) in [5.74, 6) is -0.0122. The van der Waals surface area contributed by atoms with Crippen LogP contribution in [0.4, 0.5) is 4.79 Å². The standard InChI is InChI=1S/C14H27N3O3/c1-9-6-7-17(13(19)20-14(3,4)5)10(2)12(9)16-8-11(15)18/h9-10,12,16H,6-8H2,1-5H3,(H2,15,18). The van der Waals surface area contributed by atoms with Crippen molar-refractivity contribution in [1.82, 2.24) is 10.2 Å². The summed E-state index contributed by atoms with van der Waals surface area (Å²) in [4.78, 5) is 24.8. The number of carbonyl (C=O) groups excluding carboxylic acids is 2. The molecule has 6 nitrogen and oxygen atoms in total. The maximum Gasteiger partial charge on any atom is 0.410 e. The highest BCUT2D eigenvalue weighted by molar-refractivity contribution is 5.76. The van der Waals surface area contributed by atoms with Gasteiger partial charge in [-0.05, 0) is 40.0 Å². The van der Waals surface area contributed by atoms with Crippen LogP contribution in [-0.4, -0.2) is 47.7 Å². The molecule has 6 heteroatoms. The van der Waals surface area contributed by atoms with Gasteiger partial charge in [-0.15, -0.1) is 0 Å². The number of carbonyl (C=O) groups is 2. The van der Waals surface area contributed by atoms with Crippen molar-refractivity contribution in [2.24, 2.45) is 11.7 Å². The number of nitrogens with two attached hydrogens (primary N) is 1. The van der Waals surface area contributed by atoms with E-state index in [2.05, 4.69) is 12.2 Å². The monoisotopic (exact) mass is 285 g/mol. The van der Waals surface area contributed by atoms with Crippen LogP contribution < -0.4 is 11.1 Å². The van der Waals surface area contributed by atoms with E-state index in [1.807, 2.05) is 27.7 Å². The van der Waals surface area contributed by atoms with E-state index < -0.39 is 11.5 Å². The van der Waals surface area contributed by atoms with Gasteiger partial charge in [-0.3, -0.25) is 4.79 Å². The molecule has 0 radical (unpaired) electrons. The highest BCUT2D eigenvalue weighted by Crippen LogP contribution is 2.24. The number of amides is 2. The Morgan fingerprint density at radius 2 is 1.95 bits per heavy atom. The quantitative estimate of drug-likeness (QED) is 0.813. The third-order valence-corrected chi connectivity index (χ3v) is 3.59. The minimum absolute atomic E-state index is 0.0343. The zero-order valence-electron chi connectivity index (χ0n) is 13.1. The number of nitrogens with one attached hydrogen (secondary N) is 1. The first-order chi connectivity index (χ1) is 9.11. The molecule has 1 aliphatic rings. The normalized spacial score (nSPS) is 27.2. The van der Waals surface area contributed by atoms with Gasteiger partial charge in [0.25, 0.3) is 0 Å². The minimum Gasteiger partial charge on any atom is -0.444 e. The van der Waals surface area contributed by atoms with Crippen LogP contribution in [0.3, 0.4) is 0 Å². The molecule has 1 fully saturated rings. The Kier molecular flexibility index (Phi) is 5.39. The van der Waals surface area contributed by atoms with Crippen molar-refractivity contribution < 1.29 is 14.3 Å². The average molecular weight is 285 g/mol. The lowest BCUT2D eigenvalue weighted by Crippen LogP contribution is -2.59. The summed E-state index contributed by atoms with van der Waals surface area (Å²) in [6, 6.07) is 0.0109. The second-order valence-electron chi connectivity index (χ2n) is 6.55. The number of likely N-dealkylation sites (tertiary alicyclic amines) is 1. The number of ether oxygens (including phenoxy) is 1. The first-order valence-electron chi connectivity index (χ1n) is 7.13. The molecule has 3 atom stereocenters. The fourth-order valence-corrected chi connectivity index (χ4v) is 2.56. The molecule has 0 bridgehead atoms. The van der Waals surface area contributed by atoms with E-state index in [9.17, 15) is 9.59 Å². The Morgan fingerprint density at radius 1 is 1.35 bits per heavy atom. The third-order valence-electron chi connectivity index (χ3n) is 3.59. The van der Waals surface area contributed by atoms with Crippen LogP contribution >= 0.6 is 0 Å². The Balaban J connectivity index is 2.70. The lowest BCUT2D eigenvalue weighted by Gasteiger charge is -2.43. The third kappa shape index (κ3) is 4.67. The predicted molar refractivity (Wildman–Crippen MR) is 77.2 cm³/mol. The molecule has 0 aromatic carbocycles. The fourth-order valence-electron chi connectivity index (χ4n) is 2.56. The van der Waals surface area contributed by atoms with E-state index in [1.54, 1.807) is 4.90 Å². The second-order valence-corrected chi connectivity index (χ2v) is 6.55. The number of primary amides is 1. The first-order valence-corrected chi connectivity index (χ1v) is 7.13. The molecule has 0 saturated carbocycles. The number of hydrogen-bond donors (Lipinski definition) is 2. The van der Waals surface area contributed by atoms with E-state index in [4.69, 9.17) is 10.5 Å². The molecular formula is C14H27N3O3. The average Bonchev–Trinajstić information content (AvgIpc) is 2.25. The van der Waals surface area contributed by atoms with Crippen molar-refractivity contribution >= 4 is 12.0 Å². The van der Waals surface area contributed by atoms with Crippen molar-refractivity contribution in [3.63, 3.8) is 0 Å². The molecule has 0 aliphatic carbocycles. The maximum atomic E-state index is 12.2. The van der Waals surface area contributed by atoms with Gasteiger partial charge in [0.2, 0.25) is 5.91 Å². The Labute approximate surface area is 121 Å². The van der Waals surface area contributed by atoms with Gasteiger partial charge in [0.05, 0.1) is 6.54 Å². The molecule has 1 rings (SSSR count). The van der Waals surface area contributed by atoms with Crippen LogP contribution in [0.2, 0.25) is 0 Å². The Morgan fingerprint density at radius 3 is 2.45 bits per heavy atom. The summed E-state index contributed by atoms with van der Waals surface area (Å²) >= 11 is 0. The SMILES string of the molecule is CC1CCN(C(=O)OC(C)(C)C)C(C)C1NCC(N)=O. The van der Waals surface area contributed by atoms with Crippen LogP contribution in [0.25, 0.3) is 0 Å². The molecule has 116 valence electrons. The van der Waals surface area contributed by atoms with E-state index in [0.717, 1.165) is 6.42 Å². The van der Waals surface area contributed by atoms with Gasteiger partial charge >= 0.3 is 6.09 Å². The zero-order valence-corrected chi connectivity index (χ0v) is 13.1. The molecule has 3 unspecified atom stereocenters. The summed E-state index contributed by atoms with van der Waals surface area (Å²) < 4.78 is 5.42. The van der Waals surface area contributed by atoms with Crippen molar-refractivity contribution in [1.29, 1.82) is 0 Å². The molecule has 0 spiro atoms. The topological polar surface area (TPSA) is 84.7 Å². The first kappa shape index (κ1) is 16.8. The largest absolute Gasteiger partial charge is 0.444 e. The molecule has 3 N–H and O–H groups in total. The van der Waals surface area contributed by atoms with Gasteiger partial charge in [-0.1, -0.05) is 6.92 Å². The Bertz CT molecular complexity index is 365. The van der Waals surface area contributed by atoms with Crippen molar-refractivity contribution in [3.05, 3.63) is 0 Å². The predicted octanol–water partition coefficient (Wildman–Crippen LogP) is 1.10. The van der Waals surface area contributed by atoms with Crippen molar-refractivity contribution in [3.8, 4) is 0 Å². The van der Waals surface area contributed by atoms with Crippen LogP contribution in [0.15, 0.2) is 0 Å². The number of nitrogens with zero attached hydrogens (tertiary/aromatic N) is 1. The summed E-state index contributed by atoms with van der Waals surface area (Å²) in [5, 5.41) is 3.14. The van der Waals surface area contributed by atoms with Gasteiger partial charge < -0.3 is 20.7 Å². The Hall–Kier alpha value is -1.30. The molecule has 1 saturated heterocycles. The molecule has 0 aromatic rings. The van der Waals surface area contributed by atoms with Crippen molar-refractivity contribution in [2.45, 2.75) is 58.7 Å². The molecule has 2 amide bonds. The van der Waals surface area contributed by atoms with E-state index >= 15 is 0 Å². The van der Waals surface area contributed by atoms with Gasteiger partial charge in [-0.25, -0.2) is 4.79 Å². The highest BCUT2D eigenvalue weighted by Gasteiger charge is 2.37. The zero-order chi connectivity index (χ0) is 15.5. The van der Waals surface area contributed by atoms with Gasteiger partial charge in [0.1, 0.15) is 5.60 Å². The summed E-state index contributed by atoms with van der Waals surface area (Å²) in [5.41, 5.74) is 4.67. The minimum atomic E-state index is -0.504. The van der Waals surface area contributed by atoms with Gasteiger partial charge in [0.15, 0.2) is 0 Å². The molecular weight excluding hydrogens is 258 g/mol. The number of piperidine rings is 1. The molecule has 1 aliphatic heterocycles. The van der Waals surface area contributed by atoms with E-state index in [1.165, 1.54) is 0 Å². The number of rotatable bonds is 3. The van der Waals surface area contributed by atoms with Crippen LogP contribution in [-0.2, 0) is 9.53 Å². The summed E-state index contributed by atoms with van der Waals surface area (Å²) in [6.45, 7) is 10.4. The van der Waals surface area contributed by atoms with Crippen LogP contribution in [0, 0.1) is 5.92 Å². The van der Waals surface area contributed by atoms with Crippen LogP contribution in [0.1, 0.15) is 41.0 Å². The summed E-state index contributed by atoms with van der Waals surface area (Å²) in [7, 11) is 0. The van der Waals surface area contributed by atoms with Gasteiger partial charge in [-0.2, -0.15) is 0 Å². The molecule has 20 heavy (non-hydrogen) atoms.